The number of methoxy groups -OCH3 is 1. The van der Waals surface area contributed by atoms with E-state index < -0.39 is 30.5 Å². The average Bonchev–Trinajstić information content (AvgIpc) is 3.30. The van der Waals surface area contributed by atoms with Gasteiger partial charge in [0.15, 0.2) is 19.7 Å². The summed E-state index contributed by atoms with van der Waals surface area (Å²) in [7, 11) is -6.73. The molecule has 0 radical (unpaired) electrons. The van der Waals surface area contributed by atoms with Gasteiger partial charge in [0, 0.05) is 18.6 Å². The van der Waals surface area contributed by atoms with E-state index in [4.69, 9.17) is 4.74 Å². The number of carbonyl (C=O) groups is 1. The number of nitrogens with one attached hydrogen (secondary N) is 1. The van der Waals surface area contributed by atoms with Crippen LogP contribution in [0, 0.1) is 0 Å². The van der Waals surface area contributed by atoms with Gasteiger partial charge in [-0.2, -0.15) is 5.10 Å². The van der Waals surface area contributed by atoms with E-state index in [1.165, 1.54) is 16.8 Å². The van der Waals surface area contributed by atoms with Gasteiger partial charge in [-0.3, -0.25) is 9.78 Å². The Kier molecular flexibility index (Phi) is 8.70. The van der Waals surface area contributed by atoms with Crippen LogP contribution in [0.15, 0.2) is 82.0 Å². The monoisotopic (exact) mass is 582 g/mol. The number of nitrogens with zero attached hydrogens (tertiary/aromatic N) is 3. The molecule has 4 aromatic rings. The number of hydrogen-bond donors (Lipinski definition) is 1. The van der Waals surface area contributed by atoms with Crippen molar-refractivity contribution in [2.75, 3.05) is 18.6 Å². The van der Waals surface area contributed by atoms with Crippen molar-refractivity contribution in [2.45, 2.75) is 36.5 Å². The zero-order chi connectivity index (χ0) is 28.9. The third-order valence-corrected chi connectivity index (χ3v) is 10.2. The Morgan fingerprint density at radius 1 is 0.925 bits per heavy atom. The van der Waals surface area contributed by atoms with Gasteiger partial charge < -0.3 is 9.14 Å². The minimum absolute atomic E-state index is 0.0988. The second kappa shape index (κ2) is 12.0. The number of rotatable bonds is 11. The Balaban J connectivity index is 1.93. The van der Waals surface area contributed by atoms with Gasteiger partial charge in [0.05, 0.1) is 30.3 Å². The fourth-order valence-electron chi connectivity index (χ4n) is 4.38. The summed E-state index contributed by atoms with van der Waals surface area (Å²) in [5.74, 6) is -0.814. The number of hydrazone groups is 1. The summed E-state index contributed by atoms with van der Waals surface area (Å²) in [4.78, 5) is 16.7. The highest BCUT2D eigenvalue weighted by atomic mass is 32.2. The lowest BCUT2D eigenvalue weighted by Crippen LogP contribution is -2.23. The van der Waals surface area contributed by atoms with Gasteiger partial charge in [-0.15, -0.1) is 0 Å². The van der Waals surface area contributed by atoms with Gasteiger partial charge in [-0.1, -0.05) is 13.8 Å². The predicted molar refractivity (Wildman–Crippen MR) is 153 cm³/mol. The van der Waals surface area contributed by atoms with E-state index in [1.807, 2.05) is 0 Å². The van der Waals surface area contributed by atoms with Crippen LogP contribution in [0.4, 0.5) is 0 Å². The van der Waals surface area contributed by atoms with Crippen LogP contribution in [-0.4, -0.2) is 57.0 Å². The van der Waals surface area contributed by atoms with E-state index in [2.05, 4.69) is 15.5 Å². The zero-order valence-electron chi connectivity index (χ0n) is 22.4. The molecule has 0 unspecified atom stereocenters. The molecule has 10 nitrogen and oxygen atoms in total. The van der Waals surface area contributed by atoms with Crippen LogP contribution in [0.5, 0.6) is 5.75 Å². The number of benzene rings is 1. The summed E-state index contributed by atoms with van der Waals surface area (Å²) in [6.07, 6.45) is 6.60. The highest BCUT2D eigenvalue weighted by Crippen LogP contribution is 2.36. The average molecular weight is 583 g/mol. The van der Waals surface area contributed by atoms with Crippen LogP contribution in [0.2, 0.25) is 0 Å². The van der Waals surface area contributed by atoms with E-state index in [0.29, 0.717) is 16.9 Å². The van der Waals surface area contributed by atoms with Crippen LogP contribution in [-0.2, 0) is 19.7 Å². The van der Waals surface area contributed by atoms with E-state index in [-0.39, 0.29) is 40.5 Å². The number of sulfone groups is 2. The number of fused-ring (bicyclic) bond motifs is 1. The molecule has 0 saturated carbocycles. The maximum Gasteiger partial charge on any atom is 0.289 e. The van der Waals surface area contributed by atoms with Crippen LogP contribution >= 0.6 is 0 Å². The van der Waals surface area contributed by atoms with Crippen molar-refractivity contribution < 1.29 is 26.4 Å². The molecule has 0 saturated heterocycles. The summed E-state index contributed by atoms with van der Waals surface area (Å²) >= 11 is 0. The summed E-state index contributed by atoms with van der Waals surface area (Å²) in [6.45, 7) is 3.37. The third kappa shape index (κ3) is 5.92. The van der Waals surface area contributed by atoms with Crippen LogP contribution in [0.1, 0.15) is 42.7 Å². The molecule has 3 aromatic heterocycles. The summed E-state index contributed by atoms with van der Waals surface area (Å²) in [5, 5.41) is 3.99. The lowest BCUT2D eigenvalue weighted by atomic mass is 10.1. The summed E-state index contributed by atoms with van der Waals surface area (Å²) in [6, 6.07) is 13.7. The molecule has 1 N–H and O–H groups in total. The standard InChI is InChI=1S/C28H30N4O6S2/c1-4-16-39(34,35)26-24-18-22(21-10-13-29-14-11-21)12-15-32(24)25(27(26)40(36,37)17-5-2)28(33)31-30-19-20-6-8-23(38-3)9-7-20/h6-15,18-19H,4-5,16-17H2,1-3H3,(H,31,33). The topological polar surface area (TPSA) is 136 Å². The Labute approximate surface area is 233 Å². The smallest absolute Gasteiger partial charge is 0.289 e. The molecule has 0 spiro atoms. The molecule has 0 aliphatic rings. The van der Waals surface area contributed by atoms with E-state index in [0.717, 1.165) is 5.56 Å². The van der Waals surface area contributed by atoms with E-state index in [1.54, 1.807) is 81.9 Å². The third-order valence-electron chi connectivity index (χ3n) is 6.14. The SMILES string of the molecule is CCCS(=O)(=O)c1c(S(=O)(=O)CCC)c2cc(-c3ccncc3)ccn2c1C(=O)NN=Cc1ccc(OC)cc1. The highest BCUT2D eigenvalue weighted by molar-refractivity contribution is 7.94. The summed E-state index contributed by atoms with van der Waals surface area (Å²) < 4.78 is 60.8. The fraction of sp³-hybridized carbons (Fsp3) is 0.250. The Morgan fingerprint density at radius 2 is 1.55 bits per heavy atom. The van der Waals surface area contributed by atoms with Crippen molar-refractivity contribution in [1.29, 1.82) is 0 Å². The van der Waals surface area contributed by atoms with Gasteiger partial charge in [0.1, 0.15) is 21.2 Å². The maximum absolute atomic E-state index is 13.6. The molecule has 0 aliphatic carbocycles. The van der Waals surface area contributed by atoms with Crippen LogP contribution < -0.4 is 10.2 Å². The first kappa shape index (κ1) is 29.0. The molecule has 210 valence electrons. The second-order valence-corrected chi connectivity index (χ2v) is 13.1. The minimum atomic E-state index is -4.18. The Hall–Kier alpha value is -4.03. The van der Waals surface area contributed by atoms with Crippen molar-refractivity contribution in [3.8, 4) is 16.9 Å². The molecule has 0 fully saturated rings. The first-order valence-corrected chi connectivity index (χ1v) is 15.9. The van der Waals surface area contributed by atoms with Crippen molar-refractivity contribution >= 4 is 37.3 Å². The lowest BCUT2D eigenvalue weighted by Gasteiger charge is -2.08. The van der Waals surface area contributed by atoms with E-state index in [9.17, 15) is 21.6 Å². The first-order chi connectivity index (χ1) is 19.1. The van der Waals surface area contributed by atoms with Gasteiger partial charge in [0.25, 0.3) is 5.91 Å². The van der Waals surface area contributed by atoms with E-state index >= 15 is 0 Å². The molecule has 0 aliphatic heterocycles. The van der Waals surface area contributed by atoms with Crippen molar-refractivity contribution in [3.63, 3.8) is 0 Å². The predicted octanol–water partition coefficient (Wildman–Crippen LogP) is 4.14. The molecule has 0 atom stereocenters. The molecule has 12 heteroatoms. The number of pyridine rings is 2. The second-order valence-electron chi connectivity index (χ2n) is 9.02. The number of ether oxygens (including phenoxy) is 1. The van der Waals surface area contributed by atoms with Gasteiger partial charge in [0.2, 0.25) is 0 Å². The van der Waals surface area contributed by atoms with Crippen LogP contribution in [0.3, 0.4) is 0 Å². The Bertz CT molecular complexity index is 1760. The number of carbonyl (C=O) groups excluding carboxylic acids is 1. The zero-order valence-corrected chi connectivity index (χ0v) is 24.0. The van der Waals surface area contributed by atoms with Gasteiger partial charge >= 0.3 is 0 Å². The minimum Gasteiger partial charge on any atom is -0.497 e. The molecule has 1 aromatic carbocycles. The molecule has 1 amide bonds. The van der Waals surface area contributed by atoms with Gasteiger partial charge in [-0.25, -0.2) is 22.3 Å². The number of amides is 1. The Morgan fingerprint density at radius 3 is 2.15 bits per heavy atom. The molecular weight excluding hydrogens is 552 g/mol. The molecule has 0 bridgehead atoms. The quantitative estimate of drug-likeness (QED) is 0.207. The first-order valence-electron chi connectivity index (χ1n) is 12.6. The molecule has 3 heterocycles. The van der Waals surface area contributed by atoms with Crippen molar-refractivity contribution in [2.24, 2.45) is 5.10 Å². The van der Waals surface area contributed by atoms with Gasteiger partial charge in [-0.05, 0) is 78.1 Å². The lowest BCUT2D eigenvalue weighted by molar-refractivity contribution is 0.0945. The molecule has 4 rings (SSSR count). The maximum atomic E-state index is 13.6. The molecular formula is C28H30N4O6S2. The highest BCUT2D eigenvalue weighted by Gasteiger charge is 2.37. The normalized spacial score (nSPS) is 12.2. The number of aromatic nitrogens is 2. The summed E-state index contributed by atoms with van der Waals surface area (Å²) in [5.41, 5.74) is 4.22. The fourth-order valence-corrected chi connectivity index (χ4v) is 8.35. The number of hydrogen-bond acceptors (Lipinski definition) is 8. The largest absolute Gasteiger partial charge is 0.497 e. The van der Waals surface area contributed by atoms with Crippen LogP contribution in [0.25, 0.3) is 16.6 Å². The van der Waals surface area contributed by atoms with Crippen molar-refractivity contribution in [1.82, 2.24) is 14.8 Å². The van der Waals surface area contributed by atoms with Crippen molar-refractivity contribution in [3.05, 3.63) is 78.4 Å². The molecule has 40 heavy (non-hydrogen) atoms.